The highest BCUT2D eigenvalue weighted by molar-refractivity contribution is 7.89. The molecule has 0 radical (unpaired) electrons. The van der Waals surface area contributed by atoms with E-state index >= 15 is 0 Å². The molecule has 0 aromatic heterocycles. The van der Waals surface area contributed by atoms with E-state index in [1.807, 2.05) is 13.8 Å². The normalized spacial score (nSPS) is 11.7. The maximum atomic E-state index is 12.1. The third-order valence-electron chi connectivity index (χ3n) is 3.40. The van der Waals surface area contributed by atoms with Crippen molar-refractivity contribution in [2.24, 2.45) is 5.92 Å². The van der Waals surface area contributed by atoms with Crippen molar-refractivity contribution in [1.82, 2.24) is 10.0 Å². The smallest absolute Gasteiger partial charge is 0.240 e. The van der Waals surface area contributed by atoms with E-state index in [4.69, 9.17) is 4.74 Å². The van der Waals surface area contributed by atoms with Crippen molar-refractivity contribution in [1.29, 1.82) is 0 Å². The fourth-order valence-corrected chi connectivity index (χ4v) is 3.20. The minimum Gasteiger partial charge on any atom is -0.385 e. The molecule has 0 unspecified atom stereocenters. The standard InChI is InChI=1S/C17H28N2O4S/c1-14(2)13-19-24(21,22)16-8-5-15(6-9-16)7-10-17(20)18-11-4-12-23-3/h5-6,8-9,14,19H,4,7,10-13H2,1-3H3,(H,18,20). The van der Waals surface area contributed by atoms with Gasteiger partial charge >= 0.3 is 0 Å². The summed E-state index contributed by atoms with van der Waals surface area (Å²) in [6, 6.07) is 6.66. The Kier molecular flexibility index (Phi) is 8.95. The molecule has 24 heavy (non-hydrogen) atoms. The zero-order chi connectivity index (χ0) is 18.0. The summed E-state index contributed by atoms with van der Waals surface area (Å²) >= 11 is 0. The van der Waals surface area contributed by atoms with Crippen molar-refractivity contribution >= 4 is 15.9 Å². The molecule has 0 spiro atoms. The van der Waals surface area contributed by atoms with Crippen molar-refractivity contribution in [2.75, 3.05) is 26.8 Å². The lowest BCUT2D eigenvalue weighted by molar-refractivity contribution is -0.121. The summed E-state index contributed by atoms with van der Waals surface area (Å²) in [5, 5.41) is 2.83. The number of amides is 1. The predicted molar refractivity (Wildman–Crippen MR) is 94.3 cm³/mol. The van der Waals surface area contributed by atoms with Crippen LogP contribution in [0.2, 0.25) is 0 Å². The molecule has 0 bridgehead atoms. The monoisotopic (exact) mass is 356 g/mol. The van der Waals surface area contributed by atoms with Gasteiger partial charge in [-0.1, -0.05) is 26.0 Å². The minimum absolute atomic E-state index is 0.0126. The van der Waals surface area contributed by atoms with Gasteiger partial charge in [0.15, 0.2) is 0 Å². The molecule has 0 aliphatic carbocycles. The van der Waals surface area contributed by atoms with Crippen molar-refractivity contribution < 1.29 is 17.9 Å². The van der Waals surface area contributed by atoms with Crippen LogP contribution >= 0.6 is 0 Å². The molecule has 0 aliphatic heterocycles. The fourth-order valence-electron chi connectivity index (χ4n) is 1.99. The molecule has 6 nitrogen and oxygen atoms in total. The third kappa shape index (κ3) is 7.90. The first-order valence-corrected chi connectivity index (χ1v) is 9.67. The average Bonchev–Trinajstić information content (AvgIpc) is 2.55. The van der Waals surface area contributed by atoms with Gasteiger partial charge in [-0.25, -0.2) is 13.1 Å². The number of sulfonamides is 1. The summed E-state index contributed by atoms with van der Waals surface area (Å²) in [5.74, 6) is 0.239. The number of hydrogen-bond acceptors (Lipinski definition) is 4. The Bertz CT molecular complexity index is 598. The summed E-state index contributed by atoms with van der Waals surface area (Å²) in [7, 11) is -1.83. The van der Waals surface area contributed by atoms with E-state index < -0.39 is 10.0 Å². The van der Waals surface area contributed by atoms with Gasteiger partial charge < -0.3 is 10.1 Å². The van der Waals surface area contributed by atoms with Gasteiger partial charge in [0.05, 0.1) is 4.90 Å². The topological polar surface area (TPSA) is 84.5 Å². The average molecular weight is 356 g/mol. The summed E-state index contributed by atoms with van der Waals surface area (Å²) in [6.45, 7) is 5.54. The molecule has 0 heterocycles. The molecule has 1 amide bonds. The Morgan fingerprint density at radius 2 is 1.88 bits per heavy atom. The van der Waals surface area contributed by atoms with E-state index in [0.717, 1.165) is 12.0 Å². The van der Waals surface area contributed by atoms with E-state index in [0.29, 0.717) is 32.5 Å². The molecular formula is C17H28N2O4S. The first-order chi connectivity index (χ1) is 11.3. The van der Waals surface area contributed by atoms with Crippen LogP contribution in [0.4, 0.5) is 0 Å². The molecule has 7 heteroatoms. The fraction of sp³-hybridized carbons (Fsp3) is 0.588. The lowest BCUT2D eigenvalue weighted by Gasteiger charge is -2.09. The van der Waals surface area contributed by atoms with E-state index in [-0.39, 0.29) is 16.7 Å². The number of aryl methyl sites for hydroxylation is 1. The van der Waals surface area contributed by atoms with Crippen molar-refractivity contribution in [3.63, 3.8) is 0 Å². The highest BCUT2D eigenvalue weighted by atomic mass is 32.2. The highest BCUT2D eigenvalue weighted by Gasteiger charge is 2.14. The first kappa shape index (κ1) is 20.6. The second kappa shape index (κ2) is 10.4. The Hall–Kier alpha value is -1.44. The molecule has 1 aromatic rings. The second-order valence-corrected chi connectivity index (χ2v) is 7.85. The van der Waals surface area contributed by atoms with Gasteiger partial charge in [0, 0.05) is 33.2 Å². The number of carbonyl (C=O) groups is 1. The third-order valence-corrected chi connectivity index (χ3v) is 4.84. The number of hydrogen-bond donors (Lipinski definition) is 2. The van der Waals surface area contributed by atoms with Crippen LogP contribution in [0.1, 0.15) is 32.3 Å². The van der Waals surface area contributed by atoms with Crippen LogP contribution in [-0.4, -0.2) is 41.1 Å². The summed E-state index contributed by atoms with van der Waals surface area (Å²) in [6.07, 6.45) is 1.75. The highest BCUT2D eigenvalue weighted by Crippen LogP contribution is 2.12. The Labute approximate surface area is 145 Å². The molecule has 0 aliphatic rings. The summed E-state index contributed by atoms with van der Waals surface area (Å²) < 4.78 is 31.7. The SMILES string of the molecule is COCCCNC(=O)CCc1ccc(S(=O)(=O)NCC(C)C)cc1. The molecular weight excluding hydrogens is 328 g/mol. The van der Waals surface area contributed by atoms with Gasteiger partial charge in [-0.3, -0.25) is 4.79 Å². The minimum atomic E-state index is -3.46. The van der Waals surface area contributed by atoms with Crippen LogP contribution in [0.15, 0.2) is 29.2 Å². The number of benzene rings is 1. The van der Waals surface area contributed by atoms with E-state index in [1.54, 1.807) is 31.4 Å². The molecule has 0 fully saturated rings. The Balaban J connectivity index is 2.46. The number of ether oxygens (including phenoxy) is 1. The van der Waals surface area contributed by atoms with Crippen LogP contribution in [0, 0.1) is 5.92 Å². The lowest BCUT2D eigenvalue weighted by Crippen LogP contribution is -2.27. The predicted octanol–water partition coefficient (Wildman–Crippen LogP) is 1.71. The van der Waals surface area contributed by atoms with Gasteiger partial charge in [-0.15, -0.1) is 0 Å². The molecule has 0 atom stereocenters. The van der Waals surface area contributed by atoms with E-state index in [2.05, 4.69) is 10.0 Å². The van der Waals surface area contributed by atoms with Crippen molar-refractivity contribution in [3.05, 3.63) is 29.8 Å². The Morgan fingerprint density at radius 3 is 2.46 bits per heavy atom. The van der Waals surface area contributed by atoms with Gasteiger partial charge in [0.25, 0.3) is 0 Å². The first-order valence-electron chi connectivity index (χ1n) is 8.19. The van der Waals surface area contributed by atoms with Gasteiger partial charge in [0.1, 0.15) is 0 Å². The van der Waals surface area contributed by atoms with Crippen LogP contribution in [0.25, 0.3) is 0 Å². The van der Waals surface area contributed by atoms with Gasteiger partial charge in [0.2, 0.25) is 15.9 Å². The molecule has 0 saturated carbocycles. The van der Waals surface area contributed by atoms with Crippen LogP contribution in [-0.2, 0) is 26.0 Å². The number of carbonyl (C=O) groups excluding carboxylic acids is 1. The number of methoxy groups -OCH3 is 1. The van der Waals surface area contributed by atoms with Crippen molar-refractivity contribution in [2.45, 2.75) is 38.0 Å². The van der Waals surface area contributed by atoms with Crippen molar-refractivity contribution in [3.8, 4) is 0 Å². The molecule has 2 N–H and O–H groups in total. The lowest BCUT2D eigenvalue weighted by atomic mass is 10.1. The maximum Gasteiger partial charge on any atom is 0.240 e. The zero-order valence-electron chi connectivity index (χ0n) is 14.7. The largest absolute Gasteiger partial charge is 0.385 e. The number of nitrogens with one attached hydrogen (secondary N) is 2. The van der Waals surface area contributed by atoms with Crippen LogP contribution < -0.4 is 10.0 Å². The molecule has 1 rings (SSSR count). The number of rotatable bonds is 11. The molecule has 1 aromatic carbocycles. The van der Waals surface area contributed by atoms with E-state index in [1.165, 1.54) is 0 Å². The quantitative estimate of drug-likeness (QED) is 0.591. The zero-order valence-corrected chi connectivity index (χ0v) is 15.5. The second-order valence-electron chi connectivity index (χ2n) is 6.09. The molecule has 0 saturated heterocycles. The van der Waals surface area contributed by atoms with Gasteiger partial charge in [-0.2, -0.15) is 0 Å². The van der Waals surface area contributed by atoms with Gasteiger partial charge in [-0.05, 0) is 36.5 Å². The maximum absolute atomic E-state index is 12.1. The van der Waals surface area contributed by atoms with Crippen LogP contribution in [0.3, 0.4) is 0 Å². The van der Waals surface area contributed by atoms with E-state index in [9.17, 15) is 13.2 Å². The Morgan fingerprint density at radius 1 is 1.21 bits per heavy atom. The van der Waals surface area contributed by atoms with Crippen LogP contribution in [0.5, 0.6) is 0 Å². The summed E-state index contributed by atoms with van der Waals surface area (Å²) in [4.78, 5) is 11.9. The molecule has 136 valence electrons. The summed E-state index contributed by atoms with van der Waals surface area (Å²) in [5.41, 5.74) is 0.935.